The van der Waals surface area contributed by atoms with Crippen molar-refractivity contribution >= 4 is 0 Å². The van der Waals surface area contributed by atoms with Gasteiger partial charge in [0, 0.05) is 1.43 Å². The predicted molar refractivity (Wildman–Crippen MR) is 44.7 cm³/mol. The monoisotopic (exact) mass is 131 g/mol. The topological polar surface area (TPSA) is 12.0 Å². The van der Waals surface area contributed by atoms with E-state index in [0.29, 0.717) is 0 Å². The summed E-state index contributed by atoms with van der Waals surface area (Å²) in [5.74, 6) is 0.842. The lowest BCUT2D eigenvalue weighted by Gasteiger charge is -2.04. The Morgan fingerprint density at radius 2 is 2.00 bits per heavy atom. The van der Waals surface area contributed by atoms with Gasteiger partial charge in [-0.25, -0.2) is 0 Å². The maximum Gasteiger partial charge on any atom is 0 e. The Hall–Kier alpha value is -0.0400. The van der Waals surface area contributed by atoms with E-state index in [-0.39, 0.29) is 1.43 Å². The summed E-state index contributed by atoms with van der Waals surface area (Å²) >= 11 is 0. The Morgan fingerprint density at radius 1 is 1.33 bits per heavy atom. The molecule has 0 radical (unpaired) electrons. The molecule has 1 N–H and O–H groups in total. The van der Waals surface area contributed by atoms with Gasteiger partial charge in [0.15, 0.2) is 0 Å². The number of rotatable bonds is 5. The summed E-state index contributed by atoms with van der Waals surface area (Å²) in [6, 6.07) is 0. The van der Waals surface area contributed by atoms with E-state index in [1.165, 1.54) is 25.9 Å². The summed E-state index contributed by atoms with van der Waals surface area (Å²) in [5.41, 5.74) is 0. The summed E-state index contributed by atoms with van der Waals surface area (Å²) in [5, 5.41) is 3.37. The first kappa shape index (κ1) is 8.96. The van der Waals surface area contributed by atoms with Crippen molar-refractivity contribution in [2.24, 2.45) is 5.92 Å². The van der Waals surface area contributed by atoms with Crippen LogP contribution in [0.4, 0.5) is 0 Å². The molecule has 0 aliphatic carbocycles. The Labute approximate surface area is 60.3 Å². The van der Waals surface area contributed by atoms with Crippen molar-refractivity contribution in [2.45, 2.75) is 33.6 Å². The molecule has 0 bridgehead atoms. The molecule has 0 rings (SSSR count). The molecule has 0 saturated heterocycles. The largest absolute Gasteiger partial charge is 0.317 e. The first-order chi connectivity index (χ1) is 4.27. The zero-order valence-corrected chi connectivity index (χ0v) is 6.91. The summed E-state index contributed by atoms with van der Waals surface area (Å²) in [4.78, 5) is 0. The molecule has 0 spiro atoms. The molecule has 1 heteroatoms. The van der Waals surface area contributed by atoms with Crippen LogP contribution >= 0.6 is 0 Å². The molecule has 9 heavy (non-hydrogen) atoms. The summed E-state index contributed by atoms with van der Waals surface area (Å²) < 4.78 is 0. The maximum absolute atomic E-state index is 3.37. The van der Waals surface area contributed by atoms with Gasteiger partial charge < -0.3 is 5.32 Å². The van der Waals surface area contributed by atoms with Crippen LogP contribution in [-0.2, 0) is 0 Å². The normalized spacial score (nSPS) is 10.7. The minimum Gasteiger partial charge on any atom is -0.317 e. The number of hydrogen-bond donors (Lipinski definition) is 1. The first-order valence-corrected chi connectivity index (χ1v) is 3.98. The van der Waals surface area contributed by atoms with E-state index in [4.69, 9.17) is 0 Å². The molecule has 0 amide bonds. The predicted octanol–water partition coefficient (Wildman–Crippen LogP) is 2.28. The zero-order chi connectivity index (χ0) is 7.11. The Morgan fingerprint density at radius 3 is 2.44 bits per heavy atom. The highest BCUT2D eigenvalue weighted by atomic mass is 14.8. The molecular weight excluding hydrogens is 110 g/mol. The van der Waals surface area contributed by atoms with Gasteiger partial charge in [0.05, 0.1) is 0 Å². The summed E-state index contributed by atoms with van der Waals surface area (Å²) in [6.45, 7) is 9.07. The highest BCUT2D eigenvalue weighted by Crippen LogP contribution is 1.95. The third-order valence-electron chi connectivity index (χ3n) is 1.33. The van der Waals surface area contributed by atoms with E-state index in [9.17, 15) is 0 Å². The molecule has 0 aliphatic rings. The SMILES string of the molecule is CCCNCCC(C)C.[HH]. The van der Waals surface area contributed by atoms with Crippen molar-refractivity contribution in [1.82, 2.24) is 5.32 Å². The fourth-order valence-corrected chi connectivity index (χ4v) is 0.693. The van der Waals surface area contributed by atoms with Gasteiger partial charge in [-0.2, -0.15) is 0 Å². The van der Waals surface area contributed by atoms with Gasteiger partial charge in [-0.05, 0) is 31.8 Å². The van der Waals surface area contributed by atoms with Gasteiger partial charge in [0.1, 0.15) is 0 Å². The third kappa shape index (κ3) is 7.96. The van der Waals surface area contributed by atoms with Crippen LogP contribution in [0, 0.1) is 5.92 Å². The lowest BCUT2D eigenvalue weighted by molar-refractivity contribution is 0.537. The summed E-state index contributed by atoms with van der Waals surface area (Å²) in [7, 11) is 0. The first-order valence-electron chi connectivity index (χ1n) is 3.98. The zero-order valence-electron chi connectivity index (χ0n) is 6.91. The average Bonchev–Trinajstić information content (AvgIpc) is 1.80. The molecule has 1 nitrogen and oxygen atoms in total. The molecule has 0 heterocycles. The van der Waals surface area contributed by atoms with Gasteiger partial charge >= 0.3 is 0 Å². The standard InChI is InChI=1S/C8H19N.H2/c1-4-6-9-7-5-8(2)3;/h8-9H,4-7H2,1-3H3;1H. The lowest BCUT2D eigenvalue weighted by Crippen LogP contribution is -2.17. The molecule has 0 atom stereocenters. The van der Waals surface area contributed by atoms with Crippen molar-refractivity contribution in [3.8, 4) is 0 Å². The number of nitrogens with one attached hydrogen (secondary N) is 1. The molecule has 58 valence electrons. The second kappa shape index (κ2) is 6.09. The molecule has 0 aliphatic heterocycles. The van der Waals surface area contributed by atoms with Crippen LogP contribution in [0.15, 0.2) is 0 Å². The maximum atomic E-state index is 3.37. The third-order valence-corrected chi connectivity index (χ3v) is 1.33. The summed E-state index contributed by atoms with van der Waals surface area (Å²) in [6.07, 6.45) is 2.55. The smallest absolute Gasteiger partial charge is 0 e. The molecule has 0 fully saturated rings. The fraction of sp³-hybridized carbons (Fsp3) is 1.00. The van der Waals surface area contributed by atoms with Crippen molar-refractivity contribution in [2.75, 3.05) is 13.1 Å². The van der Waals surface area contributed by atoms with Crippen LogP contribution in [0.2, 0.25) is 0 Å². The molecular formula is C8H21N. The van der Waals surface area contributed by atoms with E-state index in [2.05, 4.69) is 26.1 Å². The van der Waals surface area contributed by atoms with Crippen molar-refractivity contribution < 1.29 is 1.43 Å². The van der Waals surface area contributed by atoms with Gasteiger partial charge in [-0.15, -0.1) is 0 Å². The molecule has 0 saturated carbocycles. The second-order valence-electron chi connectivity index (χ2n) is 2.93. The van der Waals surface area contributed by atoms with E-state index in [1.807, 2.05) is 0 Å². The average molecular weight is 131 g/mol. The van der Waals surface area contributed by atoms with Crippen LogP contribution in [-0.4, -0.2) is 13.1 Å². The van der Waals surface area contributed by atoms with Crippen molar-refractivity contribution in [1.29, 1.82) is 0 Å². The molecule has 0 unspecified atom stereocenters. The lowest BCUT2D eigenvalue weighted by atomic mass is 10.1. The van der Waals surface area contributed by atoms with Gasteiger partial charge in [0.25, 0.3) is 0 Å². The minimum absolute atomic E-state index is 0. The van der Waals surface area contributed by atoms with Crippen molar-refractivity contribution in [3.05, 3.63) is 0 Å². The van der Waals surface area contributed by atoms with Crippen molar-refractivity contribution in [3.63, 3.8) is 0 Å². The fourth-order valence-electron chi connectivity index (χ4n) is 0.693. The van der Waals surface area contributed by atoms with Gasteiger partial charge in [-0.1, -0.05) is 20.8 Å². The quantitative estimate of drug-likeness (QED) is 0.564. The Kier molecular flexibility index (Phi) is 6.06. The Bertz CT molecular complexity index is 55.2. The van der Waals surface area contributed by atoms with E-state index >= 15 is 0 Å². The van der Waals surface area contributed by atoms with Gasteiger partial charge in [0.2, 0.25) is 0 Å². The van der Waals surface area contributed by atoms with E-state index in [1.54, 1.807) is 0 Å². The number of hydrogen-bond acceptors (Lipinski definition) is 1. The minimum atomic E-state index is 0. The van der Waals surface area contributed by atoms with Crippen LogP contribution in [0.25, 0.3) is 0 Å². The van der Waals surface area contributed by atoms with Crippen LogP contribution in [0.3, 0.4) is 0 Å². The molecule has 0 aromatic rings. The van der Waals surface area contributed by atoms with Crippen LogP contribution in [0.5, 0.6) is 0 Å². The van der Waals surface area contributed by atoms with Gasteiger partial charge in [-0.3, -0.25) is 0 Å². The second-order valence-corrected chi connectivity index (χ2v) is 2.93. The highest BCUT2D eigenvalue weighted by molar-refractivity contribution is 4.49. The van der Waals surface area contributed by atoms with Crippen LogP contribution < -0.4 is 5.32 Å². The van der Waals surface area contributed by atoms with E-state index in [0.717, 1.165) is 5.92 Å². The van der Waals surface area contributed by atoms with Crippen LogP contribution in [0.1, 0.15) is 35.0 Å². The van der Waals surface area contributed by atoms with E-state index < -0.39 is 0 Å². The Balaban J connectivity index is 0. The molecule has 0 aromatic heterocycles. The molecule has 0 aromatic carbocycles. The highest BCUT2D eigenvalue weighted by Gasteiger charge is 1.90.